The molecule has 0 nitrogen and oxygen atoms in total. The second-order valence-electron chi connectivity index (χ2n) is 5.75. The molecule has 0 spiro atoms. The van der Waals surface area contributed by atoms with Gasteiger partial charge >= 0.3 is 0 Å². The summed E-state index contributed by atoms with van der Waals surface area (Å²) in [5.41, 5.74) is 0. The van der Waals surface area contributed by atoms with E-state index in [4.69, 9.17) is 0 Å². The van der Waals surface area contributed by atoms with Crippen LogP contribution in [0.2, 0.25) is 0 Å². The third-order valence-corrected chi connectivity index (χ3v) is 4.37. The zero-order chi connectivity index (χ0) is 12.9. The molecule has 0 aliphatic carbocycles. The van der Waals surface area contributed by atoms with Gasteiger partial charge in [-0.25, -0.2) is 0 Å². The van der Waals surface area contributed by atoms with E-state index >= 15 is 0 Å². The van der Waals surface area contributed by atoms with Crippen LogP contribution in [0.15, 0.2) is 0 Å². The van der Waals surface area contributed by atoms with Crippen molar-refractivity contribution in [3.63, 3.8) is 0 Å². The van der Waals surface area contributed by atoms with Crippen LogP contribution in [-0.4, -0.2) is 11.5 Å². The van der Waals surface area contributed by atoms with Crippen LogP contribution in [0.1, 0.15) is 72.1 Å². The van der Waals surface area contributed by atoms with E-state index in [1.54, 1.807) is 0 Å². The lowest BCUT2D eigenvalue weighted by Crippen LogP contribution is -1.98. The van der Waals surface area contributed by atoms with Crippen LogP contribution in [0.3, 0.4) is 0 Å². The molecule has 0 amide bonds. The van der Waals surface area contributed by atoms with Gasteiger partial charge in [0.2, 0.25) is 0 Å². The smallest absolute Gasteiger partial charge is 0.00650 e. The molecule has 0 saturated heterocycles. The molecule has 0 heterocycles. The zero-order valence-corrected chi connectivity index (χ0v) is 13.2. The molecule has 1 unspecified atom stereocenters. The van der Waals surface area contributed by atoms with Crippen molar-refractivity contribution in [1.29, 1.82) is 0 Å². The van der Waals surface area contributed by atoms with E-state index in [2.05, 4.69) is 39.5 Å². The Morgan fingerprint density at radius 3 is 2.24 bits per heavy atom. The maximum atomic E-state index is 3.88. The van der Waals surface area contributed by atoms with Gasteiger partial charge in [-0.1, -0.05) is 66.2 Å². The quantitative estimate of drug-likeness (QED) is 0.388. The first-order valence-electron chi connectivity index (χ1n) is 7.53. The molecular formula is C16H33S. The van der Waals surface area contributed by atoms with Gasteiger partial charge in [-0.05, 0) is 36.2 Å². The van der Waals surface area contributed by atoms with Gasteiger partial charge in [-0.15, -0.1) is 0 Å². The third kappa shape index (κ3) is 14.3. The Kier molecular flexibility index (Phi) is 13.1. The van der Waals surface area contributed by atoms with E-state index in [-0.39, 0.29) is 0 Å². The van der Waals surface area contributed by atoms with Crippen LogP contribution in [-0.2, 0) is 0 Å². The lowest BCUT2D eigenvalue weighted by Gasteiger charge is -2.11. The maximum Gasteiger partial charge on any atom is -0.00650 e. The molecule has 103 valence electrons. The fourth-order valence-electron chi connectivity index (χ4n) is 1.96. The minimum absolute atomic E-state index is 0.879. The Balaban J connectivity index is 3.13. The second-order valence-corrected chi connectivity index (χ2v) is 6.97. The second kappa shape index (κ2) is 12.8. The zero-order valence-electron chi connectivity index (χ0n) is 12.3. The standard InChI is InChI=1S/C16H33S/c1-5-6-7-8-13-17-14-12-16(4)11-9-10-15(2)3/h15-16H,1,5-14H2,2-4H3. The fourth-order valence-corrected chi connectivity index (χ4v) is 3.14. The molecule has 0 aliphatic heterocycles. The molecular weight excluding hydrogens is 224 g/mol. The highest BCUT2D eigenvalue weighted by Crippen LogP contribution is 2.18. The van der Waals surface area contributed by atoms with E-state index < -0.39 is 0 Å². The molecule has 0 aromatic heterocycles. The molecule has 0 saturated carbocycles. The molecule has 17 heavy (non-hydrogen) atoms. The predicted molar refractivity (Wildman–Crippen MR) is 83.6 cm³/mol. The van der Waals surface area contributed by atoms with Crippen molar-refractivity contribution >= 4 is 11.8 Å². The third-order valence-electron chi connectivity index (χ3n) is 3.27. The van der Waals surface area contributed by atoms with Gasteiger partial charge in [0.25, 0.3) is 0 Å². The Morgan fingerprint density at radius 1 is 0.824 bits per heavy atom. The Hall–Kier alpha value is 0.350. The Bertz CT molecular complexity index is 142. The highest BCUT2D eigenvalue weighted by Gasteiger charge is 2.03. The average Bonchev–Trinajstić information content (AvgIpc) is 2.27. The van der Waals surface area contributed by atoms with Crippen LogP contribution in [0.25, 0.3) is 0 Å². The molecule has 0 bridgehead atoms. The summed E-state index contributed by atoms with van der Waals surface area (Å²) in [6, 6.07) is 0. The van der Waals surface area contributed by atoms with Gasteiger partial charge in [0.05, 0.1) is 0 Å². The van der Waals surface area contributed by atoms with Crippen molar-refractivity contribution < 1.29 is 0 Å². The summed E-state index contributed by atoms with van der Waals surface area (Å²) in [7, 11) is 0. The lowest BCUT2D eigenvalue weighted by atomic mass is 9.98. The Morgan fingerprint density at radius 2 is 1.59 bits per heavy atom. The van der Waals surface area contributed by atoms with Crippen molar-refractivity contribution in [3.05, 3.63) is 6.92 Å². The molecule has 0 aliphatic rings. The van der Waals surface area contributed by atoms with Gasteiger partial charge in [-0.3, -0.25) is 0 Å². The van der Waals surface area contributed by atoms with Crippen molar-refractivity contribution in [2.24, 2.45) is 11.8 Å². The van der Waals surface area contributed by atoms with Gasteiger partial charge in [0.1, 0.15) is 0 Å². The lowest BCUT2D eigenvalue weighted by molar-refractivity contribution is 0.451. The summed E-state index contributed by atoms with van der Waals surface area (Å²) >= 11 is 2.15. The molecule has 1 atom stereocenters. The first-order chi connectivity index (χ1) is 8.16. The van der Waals surface area contributed by atoms with Crippen LogP contribution >= 0.6 is 11.8 Å². The van der Waals surface area contributed by atoms with Gasteiger partial charge in [0.15, 0.2) is 0 Å². The van der Waals surface area contributed by atoms with Crippen molar-refractivity contribution in [3.8, 4) is 0 Å². The van der Waals surface area contributed by atoms with Gasteiger partial charge < -0.3 is 0 Å². The Labute approximate surface area is 114 Å². The van der Waals surface area contributed by atoms with Crippen molar-refractivity contribution in [1.82, 2.24) is 0 Å². The average molecular weight is 258 g/mol. The monoisotopic (exact) mass is 257 g/mol. The highest BCUT2D eigenvalue weighted by molar-refractivity contribution is 7.99. The van der Waals surface area contributed by atoms with E-state index in [9.17, 15) is 0 Å². The summed E-state index contributed by atoms with van der Waals surface area (Å²) in [5, 5.41) is 0. The topological polar surface area (TPSA) is 0 Å². The number of hydrogen-bond donors (Lipinski definition) is 0. The van der Waals surface area contributed by atoms with Crippen LogP contribution < -0.4 is 0 Å². The van der Waals surface area contributed by atoms with E-state index in [0.717, 1.165) is 18.3 Å². The molecule has 0 aromatic rings. The minimum Gasteiger partial charge on any atom is -0.162 e. The van der Waals surface area contributed by atoms with E-state index in [1.807, 2.05) is 0 Å². The highest BCUT2D eigenvalue weighted by atomic mass is 32.2. The van der Waals surface area contributed by atoms with Gasteiger partial charge in [0, 0.05) is 0 Å². The first-order valence-corrected chi connectivity index (χ1v) is 8.69. The molecule has 0 rings (SSSR count). The normalized spacial score (nSPS) is 13.2. The molecule has 1 radical (unpaired) electrons. The molecule has 1 heteroatoms. The summed E-state index contributed by atoms with van der Waals surface area (Å²) in [4.78, 5) is 0. The van der Waals surface area contributed by atoms with E-state index in [0.29, 0.717) is 0 Å². The first kappa shape index (κ1) is 17.4. The summed E-state index contributed by atoms with van der Waals surface area (Å²) in [6.07, 6.45) is 10.9. The SMILES string of the molecule is [CH2]CCCCCSCCC(C)CCCC(C)C. The van der Waals surface area contributed by atoms with Gasteiger partial charge in [-0.2, -0.15) is 11.8 Å². The van der Waals surface area contributed by atoms with Crippen molar-refractivity contribution in [2.45, 2.75) is 72.1 Å². The maximum absolute atomic E-state index is 3.88. The van der Waals surface area contributed by atoms with Crippen LogP contribution in [0.4, 0.5) is 0 Å². The summed E-state index contributed by atoms with van der Waals surface area (Å²) < 4.78 is 0. The number of thioether (sulfide) groups is 1. The largest absolute Gasteiger partial charge is 0.162 e. The van der Waals surface area contributed by atoms with E-state index in [1.165, 1.54) is 56.5 Å². The summed E-state index contributed by atoms with van der Waals surface area (Å²) in [5.74, 6) is 4.54. The fraction of sp³-hybridized carbons (Fsp3) is 0.938. The number of hydrogen-bond acceptors (Lipinski definition) is 1. The number of rotatable bonds is 12. The minimum atomic E-state index is 0.879. The summed E-state index contributed by atoms with van der Waals surface area (Å²) in [6.45, 7) is 10.9. The van der Waals surface area contributed by atoms with Crippen molar-refractivity contribution in [2.75, 3.05) is 11.5 Å². The van der Waals surface area contributed by atoms with Crippen LogP contribution in [0, 0.1) is 18.8 Å². The number of unbranched alkanes of at least 4 members (excludes halogenated alkanes) is 3. The predicted octanol–water partition coefficient (Wildman–Crippen LogP) is 5.97. The molecule has 0 N–H and O–H groups in total. The van der Waals surface area contributed by atoms with Crippen LogP contribution in [0.5, 0.6) is 0 Å². The molecule has 0 aromatic carbocycles. The molecule has 0 fully saturated rings.